The Bertz CT molecular complexity index is 809. The number of carbonyl (C=O) groups is 1. The molecule has 5 heteroatoms. The molecule has 0 aromatic carbocycles. The van der Waals surface area contributed by atoms with E-state index in [1.165, 1.54) is 173 Å². The number of rotatable bonds is 41. The van der Waals surface area contributed by atoms with E-state index in [1.807, 2.05) is 6.08 Å². The quantitative estimate of drug-likeness (QED) is 0.0372. The number of unbranched alkanes of at least 4 members (excludes halogenated alkanes) is 29. The average molecular weight is 732 g/mol. The van der Waals surface area contributed by atoms with Crippen LogP contribution in [0.3, 0.4) is 0 Å². The molecule has 1 amide bonds. The number of allylic oxidation sites excluding steroid dienone is 5. The first-order chi connectivity index (χ1) is 25.6. The van der Waals surface area contributed by atoms with Gasteiger partial charge >= 0.3 is 0 Å². The zero-order valence-electron chi connectivity index (χ0n) is 34.7. The maximum absolute atomic E-state index is 12.5. The Morgan fingerprint density at radius 2 is 0.788 bits per heavy atom. The summed E-state index contributed by atoms with van der Waals surface area (Å²) in [5, 5.41) is 33.1. The van der Waals surface area contributed by atoms with Gasteiger partial charge in [0.25, 0.3) is 0 Å². The first kappa shape index (κ1) is 50.6. The van der Waals surface area contributed by atoms with Gasteiger partial charge < -0.3 is 20.6 Å². The summed E-state index contributed by atoms with van der Waals surface area (Å²) in [6, 6.07) is -0.815. The molecule has 0 aliphatic carbocycles. The third kappa shape index (κ3) is 36.9. The maximum Gasteiger partial charge on any atom is 0.249 e. The van der Waals surface area contributed by atoms with E-state index in [0.29, 0.717) is 6.42 Å². The van der Waals surface area contributed by atoms with Crippen LogP contribution in [0.5, 0.6) is 0 Å². The van der Waals surface area contributed by atoms with Gasteiger partial charge in [-0.3, -0.25) is 4.79 Å². The zero-order chi connectivity index (χ0) is 38.0. The summed E-state index contributed by atoms with van der Waals surface area (Å²) in [6.07, 6.45) is 53.3. The molecule has 0 fully saturated rings. The number of aliphatic hydroxyl groups excluding tert-OH is 3. The molecule has 0 bridgehead atoms. The topological polar surface area (TPSA) is 89.8 Å². The second kappa shape index (κ2) is 42.3. The van der Waals surface area contributed by atoms with Crippen LogP contribution in [0.4, 0.5) is 0 Å². The van der Waals surface area contributed by atoms with Gasteiger partial charge in [-0.05, 0) is 57.8 Å². The summed E-state index contributed by atoms with van der Waals surface area (Å²) < 4.78 is 0. The fourth-order valence-electron chi connectivity index (χ4n) is 6.84. The number of nitrogens with one attached hydrogen (secondary N) is 1. The minimum Gasteiger partial charge on any atom is -0.394 e. The molecule has 0 radical (unpaired) electrons. The molecular weight excluding hydrogens is 643 g/mol. The molecule has 3 unspecified atom stereocenters. The van der Waals surface area contributed by atoms with Gasteiger partial charge in [0.15, 0.2) is 0 Å². The maximum atomic E-state index is 12.5. The fourth-order valence-corrected chi connectivity index (χ4v) is 6.84. The van der Waals surface area contributed by atoms with E-state index in [-0.39, 0.29) is 6.61 Å². The van der Waals surface area contributed by atoms with Crippen LogP contribution in [0.15, 0.2) is 36.5 Å². The molecule has 0 saturated carbocycles. The van der Waals surface area contributed by atoms with E-state index in [0.717, 1.165) is 38.5 Å². The van der Waals surface area contributed by atoms with Crippen LogP contribution in [0, 0.1) is 0 Å². The van der Waals surface area contributed by atoms with Crippen LogP contribution in [0.2, 0.25) is 0 Å². The highest BCUT2D eigenvalue weighted by Crippen LogP contribution is 2.15. The summed E-state index contributed by atoms with van der Waals surface area (Å²) in [5.41, 5.74) is 0. The lowest BCUT2D eigenvalue weighted by Crippen LogP contribution is -2.48. The molecule has 5 nitrogen and oxygen atoms in total. The van der Waals surface area contributed by atoms with Crippen LogP contribution in [0.25, 0.3) is 0 Å². The molecule has 52 heavy (non-hydrogen) atoms. The van der Waals surface area contributed by atoms with Crippen molar-refractivity contribution in [3.8, 4) is 0 Å². The standard InChI is InChI=1S/C47H89NO4/c1-3-5-7-9-11-13-15-17-19-20-21-22-23-24-25-26-28-30-32-34-36-38-40-42-46(51)47(52)48-44(43-49)45(50)41-39-37-35-33-31-29-27-18-16-14-12-10-8-6-4-2/h24-25,31,33,39,41,44-46,49-51H,3-23,26-30,32,34-38,40,42-43H2,1-2H3,(H,48,52)/b25-24-,33-31+,41-39+. The van der Waals surface area contributed by atoms with Crippen molar-refractivity contribution in [2.45, 2.75) is 250 Å². The third-order valence-electron chi connectivity index (χ3n) is 10.5. The second-order valence-electron chi connectivity index (χ2n) is 15.6. The van der Waals surface area contributed by atoms with Crippen LogP contribution in [0.1, 0.15) is 232 Å². The number of hydrogen-bond acceptors (Lipinski definition) is 4. The lowest BCUT2D eigenvalue weighted by atomic mass is 10.0. The van der Waals surface area contributed by atoms with Gasteiger partial charge in [0.05, 0.1) is 18.8 Å². The van der Waals surface area contributed by atoms with Gasteiger partial charge in [-0.2, -0.15) is 0 Å². The minimum absolute atomic E-state index is 0.377. The van der Waals surface area contributed by atoms with Crippen molar-refractivity contribution < 1.29 is 20.1 Å². The van der Waals surface area contributed by atoms with Gasteiger partial charge in [-0.15, -0.1) is 0 Å². The number of hydrogen-bond donors (Lipinski definition) is 4. The first-order valence-electron chi connectivity index (χ1n) is 22.8. The van der Waals surface area contributed by atoms with E-state index in [2.05, 4.69) is 43.5 Å². The highest BCUT2D eigenvalue weighted by Gasteiger charge is 2.22. The van der Waals surface area contributed by atoms with Crippen molar-refractivity contribution >= 4 is 5.91 Å². The molecule has 0 aliphatic heterocycles. The second-order valence-corrected chi connectivity index (χ2v) is 15.6. The molecule has 0 aromatic heterocycles. The van der Waals surface area contributed by atoms with Crippen molar-refractivity contribution in [2.75, 3.05) is 6.61 Å². The summed E-state index contributed by atoms with van der Waals surface area (Å²) in [7, 11) is 0. The first-order valence-corrected chi connectivity index (χ1v) is 22.8. The lowest BCUT2D eigenvalue weighted by Gasteiger charge is -2.21. The number of carbonyl (C=O) groups excluding carboxylic acids is 1. The van der Waals surface area contributed by atoms with Crippen LogP contribution in [-0.2, 0) is 4.79 Å². The summed E-state index contributed by atoms with van der Waals surface area (Å²) in [5.74, 6) is -0.516. The number of amides is 1. The molecule has 0 saturated heterocycles. The van der Waals surface area contributed by atoms with Crippen molar-refractivity contribution in [3.05, 3.63) is 36.5 Å². The molecule has 0 spiro atoms. The highest BCUT2D eigenvalue weighted by molar-refractivity contribution is 5.80. The zero-order valence-corrected chi connectivity index (χ0v) is 34.7. The molecular formula is C47H89NO4. The molecule has 3 atom stereocenters. The van der Waals surface area contributed by atoms with Crippen molar-refractivity contribution in [3.63, 3.8) is 0 Å². The fraction of sp³-hybridized carbons (Fsp3) is 0.851. The van der Waals surface area contributed by atoms with E-state index in [9.17, 15) is 20.1 Å². The van der Waals surface area contributed by atoms with Crippen LogP contribution >= 0.6 is 0 Å². The largest absolute Gasteiger partial charge is 0.394 e. The van der Waals surface area contributed by atoms with E-state index in [1.54, 1.807) is 6.08 Å². The van der Waals surface area contributed by atoms with Gasteiger partial charge in [0, 0.05) is 0 Å². The Kier molecular flexibility index (Phi) is 41.1. The van der Waals surface area contributed by atoms with E-state index >= 15 is 0 Å². The Hall–Kier alpha value is -1.43. The predicted molar refractivity (Wildman–Crippen MR) is 227 cm³/mol. The van der Waals surface area contributed by atoms with Crippen molar-refractivity contribution in [1.82, 2.24) is 5.32 Å². The van der Waals surface area contributed by atoms with Crippen molar-refractivity contribution in [1.29, 1.82) is 0 Å². The molecule has 306 valence electrons. The van der Waals surface area contributed by atoms with E-state index in [4.69, 9.17) is 0 Å². The van der Waals surface area contributed by atoms with E-state index < -0.39 is 24.2 Å². The predicted octanol–water partition coefficient (Wildman–Crippen LogP) is 13.2. The Labute approximate surface area is 324 Å². The average Bonchev–Trinajstić information content (AvgIpc) is 3.15. The Morgan fingerprint density at radius 1 is 0.462 bits per heavy atom. The molecule has 0 aromatic rings. The molecule has 0 rings (SSSR count). The highest BCUT2D eigenvalue weighted by atomic mass is 16.3. The minimum atomic E-state index is -1.11. The van der Waals surface area contributed by atoms with Crippen LogP contribution in [-0.4, -0.2) is 46.1 Å². The lowest BCUT2D eigenvalue weighted by molar-refractivity contribution is -0.131. The SMILES string of the molecule is CCCCCCCCCCC/C=C/CC/C=C/C(O)C(CO)NC(=O)C(O)CCCCCCCCC/C=C\CCCCCCCCCCCCCC. The van der Waals surface area contributed by atoms with Gasteiger partial charge in [-0.1, -0.05) is 211 Å². The number of aliphatic hydroxyl groups is 3. The summed E-state index contributed by atoms with van der Waals surface area (Å²) in [6.45, 7) is 4.17. The van der Waals surface area contributed by atoms with Gasteiger partial charge in [0.2, 0.25) is 5.91 Å². The Morgan fingerprint density at radius 3 is 1.17 bits per heavy atom. The van der Waals surface area contributed by atoms with Crippen LogP contribution < -0.4 is 5.32 Å². The van der Waals surface area contributed by atoms with Gasteiger partial charge in [0.1, 0.15) is 6.10 Å². The summed E-state index contributed by atoms with van der Waals surface area (Å²) >= 11 is 0. The van der Waals surface area contributed by atoms with Crippen molar-refractivity contribution in [2.24, 2.45) is 0 Å². The Balaban J connectivity index is 3.68. The molecule has 0 heterocycles. The normalized spacial score (nSPS) is 13.9. The smallest absolute Gasteiger partial charge is 0.249 e. The van der Waals surface area contributed by atoms with Gasteiger partial charge in [-0.25, -0.2) is 0 Å². The summed E-state index contributed by atoms with van der Waals surface area (Å²) in [4.78, 5) is 12.5. The molecule has 0 aliphatic rings. The molecule has 4 N–H and O–H groups in total. The third-order valence-corrected chi connectivity index (χ3v) is 10.5. The monoisotopic (exact) mass is 732 g/mol.